The van der Waals surface area contributed by atoms with Crippen molar-refractivity contribution in [2.24, 2.45) is 0 Å². The third-order valence-corrected chi connectivity index (χ3v) is 3.49. The average molecular weight is 177 g/mol. The predicted molar refractivity (Wildman–Crippen MR) is 28.2 cm³/mol. The van der Waals surface area contributed by atoms with Crippen LogP contribution in [0.15, 0.2) is 0 Å². The van der Waals surface area contributed by atoms with Gasteiger partial charge in [-0.1, -0.05) is 0 Å². The van der Waals surface area contributed by atoms with Gasteiger partial charge in [0, 0.05) is 0 Å². The van der Waals surface area contributed by atoms with Gasteiger partial charge < -0.3 is 0 Å². The van der Waals surface area contributed by atoms with E-state index in [1.54, 1.807) is 0 Å². The fourth-order valence-corrected chi connectivity index (χ4v) is 0.779. The second kappa shape index (κ2) is 2.72. The zero-order valence-corrected chi connectivity index (χ0v) is 6.39. The van der Waals surface area contributed by atoms with E-state index in [4.69, 9.17) is 21.0 Å². The first-order valence-corrected chi connectivity index (χ1v) is 6.09. The first-order chi connectivity index (χ1) is 4.24. The third-order valence-electron chi connectivity index (χ3n) is 0.671. The Balaban J connectivity index is 4.84. The van der Waals surface area contributed by atoms with Crippen LogP contribution in [0.25, 0.3) is 0 Å². The normalized spacial score (nSPS) is 7.56. The molecule has 0 atom stereocenters. The molecule has 0 amide bonds. The summed E-state index contributed by atoms with van der Waals surface area (Å²) >= 11 is -3.94. The van der Waals surface area contributed by atoms with Crippen molar-refractivity contribution in [3.8, 4) is 19.6 Å². The molecular weight excluding hydrogens is 177 g/mol. The van der Waals surface area contributed by atoms with Gasteiger partial charge in [0.25, 0.3) is 0 Å². The summed E-state index contributed by atoms with van der Waals surface area (Å²) < 4.78 is 0. The molecule has 0 aliphatic carbocycles. The number of rotatable bonds is 0. The second-order valence-corrected chi connectivity index (χ2v) is 6.22. The average Bonchev–Trinajstić information content (AvgIpc) is 1.95. The van der Waals surface area contributed by atoms with E-state index < -0.39 is 13.3 Å². The summed E-state index contributed by atoms with van der Waals surface area (Å²) in [4.78, 5) is 5.88. The van der Waals surface area contributed by atoms with Gasteiger partial charge in [-0.15, -0.1) is 0 Å². The van der Waals surface area contributed by atoms with Crippen LogP contribution in [-0.4, -0.2) is 13.3 Å². The second-order valence-electron chi connectivity index (χ2n) is 1.20. The van der Waals surface area contributed by atoms with Crippen LogP contribution in [0.1, 0.15) is 0 Å². The van der Waals surface area contributed by atoms with E-state index >= 15 is 0 Å². The molecule has 9 heavy (non-hydrogen) atoms. The number of hydrogen-bond acceptors (Lipinski definition) is 4. The first-order valence-electron chi connectivity index (χ1n) is 1.89. The van der Waals surface area contributed by atoms with Gasteiger partial charge >= 0.3 is 53.9 Å². The van der Waals surface area contributed by atoms with Crippen LogP contribution < -0.4 is 0 Å². The monoisotopic (exact) mass is 178 g/mol. The molecule has 0 heterocycles. The first kappa shape index (κ1) is 7.50. The van der Waals surface area contributed by atoms with Gasteiger partial charge in [0.2, 0.25) is 0 Å². The van der Waals surface area contributed by atoms with Crippen molar-refractivity contribution in [2.75, 3.05) is 0 Å². The van der Waals surface area contributed by atoms with E-state index in [-0.39, 0.29) is 0 Å². The fraction of sp³-hybridized carbons (Fsp3) is 0. The summed E-state index contributed by atoms with van der Waals surface area (Å²) in [6.45, 7) is 0. The molecule has 0 unspecified atom stereocenters. The summed E-state index contributed by atoms with van der Waals surface area (Å²) in [7, 11) is 0. The molecule has 5 heteroatoms. The molecule has 0 aliphatic heterocycles. The number of hydrogen-bond donors (Lipinski definition) is 0. The molecule has 4 nitrogen and oxygen atoms in total. The van der Waals surface area contributed by atoms with E-state index in [1.165, 1.54) is 19.6 Å². The molecule has 0 fully saturated rings. The summed E-state index contributed by atoms with van der Waals surface area (Å²) in [5.74, 6) is 0. The molecule has 0 rings (SSSR count). The Bertz CT molecular complexity index is 205. The summed E-state index contributed by atoms with van der Waals surface area (Å²) in [5, 5.41) is 32.6. The van der Waals surface area contributed by atoms with Crippen molar-refractivity contribution in [3.05, 3.63) is 0 Å². The Morgan fingerprint density at radius 2 is 0.889 bits per heavy atom. The van der Waals surface area contributed by atoms with E-state index in [1.807, 2.05) is 0 Å². The predicted octanol–water partition coefficient (Wildman–Crippen LogP) is -0.314. The van der Waals surface area contributed by atoms with Crippen molar-refractivity contribution < 1.29 is 0 Å². The molecule has 40 valence electrons. The van der Waals surface area contributed by atoms with Crippen LogP contribution >= 0.6 is 0 Å². The molecule has 0 aromatic rings. The fourth-order valence-electron chi connectivity index (χ4n) is 0.150. The van der Waals surface area contributed by atoms with Gasteiger partial charge in [0.05, 0.1) is 0 Å². The van der Waals surface area contributed by atoms with Crippen molar-refractivity contribution in [3.63, 3.8) is 0 Å². The standard InChI is InChI=1S/C4GeN4/c6-1-5(2-7,3-8)4-9. The Morgan fingerprint density at radius 3 is 0.889 bits per heavy atom. The van der Waals surface area contributed by atoms with Gasteiger partial charge in [-0.2, -0.15) is 0 Å². The van der Waals surface area contributed by atoms with Crippen LogP contribution in [0, 0.1) is 40.7 Å². The van der Waals surface area contributed by atoms with Gasteiger partial charge in [0.1, 0.15) is 0 Å². The van der Waals surface area contributed by atoms with Crippen LogP contribution in [0.4, 0.5) is 0 Å². The van der Waals surface area contributed by atoms with Crippen LogP contribution in [-0.2, 0) is 0 Å². The SMILES string of the molecule is N#[C][Ge]([C]#N)([C]#N)[C]#N. The number of nitriles is 4. The van der Waals surface area contributed by atoms with E-state index in [2.05, 4.69) is 0 Å². The van der Waals surface area contributed by atoms with E-state index in [9.17, 15) is 0 Å². The van der Waals surface area contributed by atoms with Crippen molar-refractivity contribution in [1.82, 2.24) is 0 Å². The molecule has 0 aromatic carbocycles. The Morgan fingerprint density at radius 1 is 0.667 bits per heavy atom. The van der Waals surface area contributed by atoms with Crippen molar-refractivity contribution in [2.45, 2.75) is 0 Å². The third kappa shape index (κ3) is 1.20. The molecule has 0 saturated heterocycles. The topological polar surface area (TPSA) is 95.2 Å². The van der Waals surface area contributed by atoms with Crippen molar-refractivity contribution in [1.29, 1.82) is 21.0 Å². The summed E-state index contributed by atoms with van der Waals surface area (Å²) in [6.07, 6.45) is 0. The van der Waals surface area contributed by atoms with Crippen molar-refractivity contribution >= 4 is 13.3 Å². The van der Waals surface area contributed by atoms with E-state index in [0.29, 0.717) is 0 Å². The van der Waals surface area contributed by atoms with Crippen LogP contribution in [0.2, 0.25) is 0 Å². The van der Waals surface area contributed by atoms with Gasteiger partial charge in [0.15, 0.2) is 0 Å². The van der Waals surface area contributed by atoms with Gasteiger partial charge in [-0.05, 0) is 0 Å². The maximum absolute atomic E-state index is 8.14. The summed E-state index contributed by atoms with van der Waals surface area (Å²) in [5.41, 5.74) is 0. The molecule has 0 saturated carbocycles. The zero-order chi connectivity index (χ0) is 7.33. The summed E-state index contributed by atoms with van der Waals surface area (Å²) in [6, 6.07) is 0. The minimum atomic E-state index is -3.94. The molecule has 0 N–H and O–H groups in total. The Hall–Kier alpha value is -1.50. The van der Waals surface area contributed by atoms with Crippen LogP contribution in [0.5, 0.6) is 0 Å². The number of nitrogens with zero attached hydrogens (tertiary/aromatic N) is 4. The Kier molecular flexibility index (Phi) is 2.27. The molecule has 0 radical (unpaired) electrons. The minimum absolute atomic E-state index is 1.47. The molecular formula is C4GeN4. The molecule has 0 aliphatic rings. The molecule has 0 spiro atoms. The van der Waals surface area contributed by atoms with E-state index in [0.717, 1.165) is 0 Å². The molecule has 0 bridgehead atoms. The maximum atomic E-state index is 8.14. The zero-order valence-electron chi connectivity index (χ0n) is 4.29. The Labute approximate surface area is 54.5 Å². The molecule has 0 aromatic heterocycles. The quantitative estimate of drug-likeness (QED) is 0.473. The van der Waals surface area contributed by atoms with Crippen LogP contribution in [0.3, 0.4) is 0 Å². The van der Waals surface area contributed by atoms with Gasteiger partial charge in [-0.3, -0.25) is 0 Å². The van der Waals surface area contributed by atoms with Gasteiger partial charge in [-0.25, -0.2) is 0 Å².